The second-order valence-corrected chi connectivity index (χ2v) is 6.59. The average Bonchev–Trinajstić information content (AvgIpc) is 2.36. The van der Waals surface area contributed by atoms with Crippen LogP contribution >= 0.6 is 11.6 Å². The van der Waals surface area contributed by atoms with E-state index in [4.69, 9.17) is 17.3 Å². The summed E-state index contributed by atoms with van der Waals surface area (Å²) in [6.07, 6.45) is 0. The van der Waals surface area contributed by atoms with Crippen LogP contribution in [0.25, 0.3) is 0 Å². The molecule has 0 fully saturated rings. The van der Waals surface area contributed by atoms with Crippen LogP contribution in [0, 0.1) is 5.41 Å². The summed E-state index contributed by atoms with van der Waals surface area (Å²) in [6.45, 7) is 5.75. The molecule has 3 N–H and O–H groups in total. The van der Waals surface area contributed by atoms with Gasteiger partial charge in [-0.05, 0) is 23.1 Å². The number of nitrogens with zero attached hydrogens (tertiary/aromatic N) is 1. The van der Waals surface area contributed by atoms with Crippen molar-refractivity contribution in [2.24, 2.45) is 16.1 Å². The molecule has 0 spiro atoms. The van der Waals surface area contributed by atoms with Crippen LogP contribution in [0.2, 0.25) is 5.02 Å². The van der Waals surface area contributed by atoms with Crippen molar-refractivity contribution in [3.05, 3.63) is 34.9 Å². The van der Waals surface area contributed by atoms with Crippen LogP contribution < -0.4 is 11.1 Å². The first-order chi connectivity index (χ1) is 9.70. The molecule has 0 aliphatic carbocycles. The molecule has 1 heterocycles. The second kappa shape index (κ2) is 5.58. The third-order valence-corrected chi connectivity index (χ3v) is 3.64. The maximum atomic E-state index is 12.2. The van der Waals surface area contributed by atoms with E-state index in [0.717, 1.165) is 0 Å². The summed E-state index contributed by atoms with van der Waals surface area (Å²) in [7, 11) is 0. The molecule has 2 atom stereocenters. The van der Waals surface area contributed by atoms with Crippen LogP contribution in [0.4, 0.5) is 0 Å². The van der Waals surface area contributed by atoms with E-state index >= 15 is 0 Å². The van der Waals surface area contributed by atoms with Gasteiger partial charge in [-0.3, -0.25) is 9.59 Å². The Kier molecular flexibility index (Phi) is 4.16. The zero-order valence-corrected chi connectivity index (χ0v) is 12.9. The Labute approximate surface area is 128 Å². The molecule has 112 valence electrons. The smallest absolute Gasteiger partial charge is 0.264 e. The largest absolute Gasteiger partial charge is 0.321 e. The van der Waals surface area contributed by atoms with E-state index in [1.54, 1.807) is 24.3 Å². The van der Waals surface area contributed by atoms with Gasteiger partial charge in [0.1, 0.15) is 11.8 Å². The van der Waals surface area contributed by atoms with Gasteiger partial charge in [-0.1, -0.05) is 44.5 Å². The first-order valence-electron chi connectivity index (χ1n) is 6.64. The molecule has 2 unspecified atom stereocenters. The van der Waals surface area contributed by atoms with E-state index in [2.05, 4.69) is 10.3 Å². The topological polar surface area (TPSA) is 84.5 Å². The lowest BCUT2D eigenvalue weighted by atomic mass is 9.85. The molecular weight excluding hydrogens is 290 g/mol. The van der Waals surface area contributed by atoms with E-state index in [-0.39, 0.29) is 11.3 Å². The maximum absolute atomic E-state index is 12.2. The standard InChI is InChI=1S/C15H18ClN3O2/c1-15(2,3)11(17)12-18-13(20)10(14(21)19-12)8-5-4-6-9(16)7-8/h4-7,10-11H,17H2,1-3H3,(H,18,19,20,21). The summed E-state index contributed by atoms with van der Waals surface area (Å²) >= 11 is 5.90. The lowest BCUT2D eigenvalue weighted by Crippen LogP contribution is -2.54. The fraction of sp³-hybridized carbons (Fsp3) is 0.400. The molecule has 6 heteroatoms. The van der Waals surface area contributed by atoms with E-state index in [0.29, 0.717) is 10.6 Å². The quantitative estimate of drug-likeness (QED) is 0.818. The average molecular weight is 308 g/mol. The first-order valence-corrected chi connectivity index (χ1v) is 7.02. The normalized spacial score (nSPS) is 20.8. The predicted octanol–water partition coefficient (Wildman–Crippen LogP) is 1.85. The number of hydrogen-bond acceptors (Lipinski definition) is 3. The number of halogens is 1. The van der Waals surface area contributed by atoms with Gasteiger partial charge in [-0.2, -0.15) is 4.99 Å². The van der Waals surface area contributed by atoms with Crippen LogP contribution in [-0.2, 0) is 9.59 Å². The molecule has 1 aliphatic heterocycles. The van der Waals surface area contributed by atoms with Gasteiger partial charge in [-0.25, -0.2) is 0 Å². The van der Waals surface area contributed by atoms with E-state index in [9.17, 15) is 9.59 Å². The van der Waals surface area contributed by atoms with Crippen molar-refractivity contribution in [2.45, 2.75) is 32.7 Å². The summed E-state index contributed by atoms with van der Waals surface area (Å²) < 4.78 is 0. The molecule has 0 radical (unpaired) electrons. The molecule has 2 amide bonds. The van der Waals surface area contributed by atoms with Crippen LogP contribution in [0.5, 0.6) is 0 Å². The van der Waals surface area contributed by atoms with Gasteiger partial charge in [0.15, 0.2) is 0 Å². The van der Waals surface area contributed by atoms with Crippen LogP contribution in [0.3, 0.4) is 0 Å². The number of carbonyl (C=O) groups is 2. The van der Waals surface area contributed by atoms with Crippen LogP contribution in [-0.4, -0.2) is 23.7 Å². The molecule has 0 aromatic heterocycles. The number of rotatable bonds is 2. The van der Waals surface area contributed by atoms with Gasteiger partial charge in [0.2, 0.25) is 5.91 Å². The van der Waals surface area contributed by atoms with Crippen LogP contribution in [0.15, 0.2) is 29.3 Å². The van der Waals surface area contributed by atoms with E-state index < -0.39 is 23.8 Å². The number of carbonyl (C=O) groups excluding carboxylic acids is 2. The third kappa shape index (κ3) is 3.31. The number of amides is 2. The Hall–Kier alpha value is -1.72. The summed E-state index contributed by atoms with van der Waals surface area (Å²) in [4.78, 5) is 28.4. The summed E-state index contributed by atoms with van der Waals surface area (Å²) in [5.74, 6) is -1.70. The number of amidine groups is 1. The maximum Gasteiger partial charge on any atom is 0.264 e. The summed E-state index contributed by atoms with van der Waals surface area (Å²) in [5.41, 5.74) is 6.25. The molecule has 0 saturated heterocycles. The van der Waals surface area contributed by atoms with Crippen molar-refractivity contribution >= 4 is 29.3 Å². The van der Waals surface area contributed by atoms with E-state index in [1.165, 1.54) is 0 Å². The van der Waals surface area contributed by atoms with Crippen LogP contribution in [0.1, 0.15) is 32.3 Å². The number of nitrogens with one attached hydrogen (secondary N) is 1. The zero-order valence-electron chi connectivity index (χ0n) is 12.2. The molecule has 0 saturated carbocycles. The molecular formula is C15H18ClN3O2. The summed E-state index contributed by atoms with van der Waals surface area (Å²) in [5, 5.41) is 3.11. The highest BCUT2D eigenvalue weighted by atomic mass is 35.5. The molecule has 1 aromatic rings. The van der Waals surface area contributed by atoms with Gasteiger partial charge in [-0.15, -0.1) is 0 Å². The predicted molar refractivity (Wildman–Crippen MR) is 82.2 cm³/mol. The fourth-order valence-corrected chi connectivity index (χ4v) is 2.26. The molecule has 21 heavy (non-hydrogen) atoms. The number of nitrogens with two attached hydrogens (primary N) is 1. The Morgan fingerprint density at radius 1 is 1.33 bits per heavy atom. The Balaban J connectivity index is 2.33. The molecule has 5 nitrogen and oxygen atoms in total. The van der Waals surface area contributed by atoms with Gasteiger partial charge in [0.25, 0.3) is 5.91 Å². The lowest BCUT2D eigenvalue weighted by Gasteiger charge is -2.31. The Morgan fingerprint density at radius 2 is 2.00 bits per heavy atom. The monoisotopic (exact) mass is 307 g/mol. The minimum Gasteiger partial charge on any atom is -0.321 e. The Bertz CT molecular complexity index is 620. The van der Waals surface area contributed by atoms with Gasteiger partial charge >= 0.3 is 0 Å². The first kappa shape index (κ1) is 15.7. The van der Waals surface area contributed by atoms with E-state index in [1.807, 2.05) is 20.8 Å². The molecule has 1 aliphatic rings. The number of benzene rings is 1. The number of aliphatic imine (C=N–C) groups is 1. The lowest BCUT2D eigenvalue weighted by molar-refractivity contribution is -0.129. The minimum absolute atomic E-state index is 0.218. The second-order valence-electron chi connectivity index (χ2n) is 6.16. The highest BCUT2D eigenvalue weighted by Crippen LogP contribution is 2.25. The van der Waals surface area contributed by atoms with Crippen molar-refractivity contribution in [1.82, 2.24) is 5.32 Å². The fourth-order valence-electron chi connectivity index (χ4n) is 2.06. The van der Waals surface area contributed by atoms with Crippen molar-refractivity contribution < 1.29 is 9.59 Å². The molecule has 1 aromatic carbocycles. The zero-order chi connectivity index (χ0) is 15.8. The van der Waals surface area contributed by atoms with Crippen molar-refractivity contribution in [3.8, 4) is 0 Å². The Morgan fingerprint density at radius 3 is 2.52 bits per heavy atom. The van der Waals surface area contributed by atoms with Crippen molar-refractivity contribution in [1.29, 1.82) is 0 Å². The third-order valence-electron chi connectivity index (χ3n) is 3.40. The SMILES string of the molecule is CC(C)(C)C(N)C1=NC(=O)C(c2cccc(Cl)c2)C(=O)N1. The highest BCUT2D eigenvalue weighted by Gasteiger charge is 2.37. The molecule has 0 bridgehead atoms. The van der Waals surface area contributed by atoms with Gasteiger partial charge in [0, 0.05) is 5.02 Å². The van der Waals surface area contributed by atoms with Gasteiger partial charge in [0.05, 0.1) is 6.04 Å². The minimum atomic E-state index is -0.973. The summed E-state index contributed by atoms with van der Waals surface area (Å²) in [6, 6.07) is 6.12. The highest BCUT2D eigenvalue weighted by molar-refractivity contribution is 6.30. The number of hydrogen-bond donors (Lipinski definition) is 2. The molecule has 2 rings (SSSR count). The van der Waals surface area contributed by atoms with Crippen molar-refractivity contribution in [3.63, 3.8) is 0 Å². The van der Waals surface area contributed by atoms with Crippen molar-refractivity contribution in [2.75, 3.05) is 0 Å². The van der Waals surface area contributed by atoms with Gasteiger partial charge < -0.3 is 11.1 Å².